The number of aromatic nitrogens is 2. The highest BCUT2D eigenvalue weighted by molar-refractivity contribution is 6.23. The highest BCUT2D eigenvalue weighted by Crippen LogP contribution is 2.52. The molecule has 1 aliphatic heterocycles. The number of fused-ring (bicyclic) bond motifs is 12. The Balaban J connectivity index is 0.802. The van der Waals surface area contributed by atoms with Gasteiger partial charge in [-0.05, 0) is 145 Å². The summed E-state index contributed by atoms with van der Waals surface area (Å²) in [6.07, 6.45) is 16.4. The molecular formula is C61H45N3. The summed E-state index contributed by atoms with van der Waals surface area (Å²) >= 11 is 0. The molecule has 1 aromatic heterocycles. The molecule has 0 radical (unpaired) electrons. The predicted octanol–water partition coefficient (Wildman–Crippen LogP) is 15.6. The lowest BCUT2D eigenvalue weighted by molar-refractivity contribution is 0.660. The molecule has 0 bridgehead atoms. The van der Waals surface area contributed by atoms with Gasteiger partial charge in [-0.25, -0.2) is 0 Å². The van der Waals surface area contributed by atoms with Crippen molar-refractivity contribution in [2.75, 3.05) is 4.90 Å². The van der Waals surface area contributed by atoms with Gasteiger partial charge in [0.25, 0.3) is 0 Å². The van der Waals surface area contributed by atoms with Crippen molar-refractivity contribution in [1.82, 2.24) is 9.97 Å². The molecule has 4 aliphatic rings. The van der Waals surface area contributed by atoms with E-state index in [1.807, 2.05) is 0 Å². The topological polar surface area (TPSA) is 29.0 Å². The Morgan fingerprint density at radius 1 is 0.516 bits per heavy atom. The van der Waals surface area contributed by atoms with Crippen molar-refractivity contribution in [3.05, 3.63) is 228 Å². The van der Waals surface area contributed by atoms with Gasteiger partial charge in [-0.3, -0.25) is 9.97 Å². The Morgan fingerprint density at radius 2 is 1.16 bits per heavy atom. The number of hydrogen-bond acceptors (Lipinski definition) is 3. The summed E-state index contributed by atoms with van der Waals surface area (Å²) in [6.45, 7) is 4.81. The summed E-state index contributed by atoms with van der Waals surface area (Å²) in [5.74, 6) is 0. The number of allylic oxidation sites excluding steroid dienone is 6. The number of anilines is 2. The van der Waals surface area contributed by atoms with Crippen molar-refractivity contribution in [3.8, 4) is 33.4 Å². The van der Waals surface area contributed by atoms with Crippen molar-refractivity contribution in [2.45, 2.75) is 44.6 Å². The summed E-state index contributed by atoms with van der Waals surface area (Å²) in [6, 6.07) is 58.8. The molecule has 0 spiro atoms. The van der Waals surface area contributed by atoms with E-state index in [0.29, 0.717) is 0 Å². The lowest BCUT2D eigenvalue weighted by Crippen LogP contribution is -2.28. The molecule has 0 amide bonds. The molecule has 8 aromatic carbocycles. The van der Waals surface area contributed by atoms with Crippen molar-refractivity contribution in [2.24, 2.45) is 0 Å². The highest BCUT2D eigenvalue weighted by Gasteiger charge is 2.38. The Hall–Kier alpha value is -7.62. The van der Waals surface area contributed by atoms with Crippen LogP contribution in [0.4, 0.5) is 11.4 Å². The minimum absolute atomic E-state index is 0.142. The van der Waals surface area contributed by atoms with Crippen LogP contribution in [0, 0.1) is 0 Å². The van der Waals surface area contributed by atoms with Crippen LogP contribution in [0.2, 0.25) is 0 Å². The molecule has 0 N–H and O–H groups in total. The fraction of sp³-hybridized carbons (Fsp3) is 0.115. The number of nitrogens with zero attached hydrogens (tertiary/aromatic N) is 3. The first-order valence-corrected chi connectivity index (χ1v) is 22.7. The number of para-hydroxylation sites is 2. The van der Waals surface area contributed by atoms with Gasteiger partial charge >= 0.3 is 0 Å². The zero-order chi connectivity index (χ0) is 42.5. The second kappa shape index (κ2) is 14.2. The standard InChI is InChI=1S/C61H45N3/c1-61(2)55-35-43(39-13-10-12-38(32-39)42-22-26-48-47-18-6-7-20-53(47)59-60(54(48)34-42)63-31-30-62-59)23-27-49(55)50-28-24-44(36-56(50)61)40-14-11-15-41(33-40)45-25-29-52-51-19-8-9-21-57(51)64(58(52)37-45)46-16-4-3-5-17-46/h3-10,12-13,15-36,58H,11,14,37H2,1-2H3. The molecule has 3 heteroatoms. The van der Waals surface area contributed by atoms with Crippen molar-refractivity contribution >= 4 is 55.1 Å². The predicted molar refractivity (Wildman–Crippen MR) is 268 cm³/mol. The van der Waals surface area contributed by atoms with Gasteiger partial charge in [0.2, 0.25) is 0 Å². The van der Waals surface area contributed by atoms with Crippen LogP contribution in [-0.2, 0) is 5.41 Å². The average molecular weight is 820 g/mol. The summed E-state index contributed by atoms with van der Waals surface area (Å²) in [5, 5.41) is 4.67. The molecule has 0 saturated carbocycles. The number of rotatable bonds is 5. The number of hydrogen-bond donors (Lipinski definition) is 0. The first kappa shape index (κ1) is 37.0. The van der Waals surface area contributed by atoms with Gasteiger partial charge in [0.1, 0.15) is 0 Å². The first-order valence-electron chi connectivity index (χ1n) is 22.7. The van der Waals surface area contributed by atoms with E-state index in [-0.39, 0.29) is 11.5 Å². The van der Waals surface area contributed by atoms with Gasteiger partial charge in [0.05, 0.1) is 17.1 Å². The third-order valence-electron chi connectivity index (χ3n) is 14.6. The van der Waals surface area contributed by atoms with E-state index in [0.717, 1.165) is 41.1 Å². The molecule has 13 rings (SSSR count). The molecule has 1 atom stereocenters. The Kier molecular flexibility index (Phi) is 8.21. The van der Waals surface area contributed by atoms with Crippen LogP contribution in [0.25, 0.3) is 77.1 Å². The van der Waals surface area contributed by atoms with E-state index < -0.39 is 0 Å². The SMILES string of the molecule is CC1(C)c2cc(C3=CC(C4=CC=C5c6ccccc6N(c6ccccc6)C5C4)=CCC3)ccc2-c2ccc(-c3cccc(-c4ccc5c6ccccc6c6nccnc6c5c4)c3)cc21. The van der Waals surface area contributed by atoms with E-state index in [4.69, 9.17) is 9.97 Å². The van der Waals surface area contributed by atoms with Crippen LogP contribution < -0.4 is 4.90 Å². The van der Waals surface area contributed by atoms with E-state index in [2.05, 4.69) is 201 Å². The van der Waals surface area contributed by atoms with E-state index >= 15 is 0 Å². The van der Waals surface area contributed by atoms with Crippen molar-refractivity contribution in [1.29, 1.82) is 0 Å². The van der Waals surface area contributed by atoms with Crippen LogP contribution in [0.5, 0.6) is 0 Å². The second-order valence-electron chi connectivity index (χ2n) is 18.4. The molecule has 3 aliphatic carbocycles. The summed E-state index contributed by atoms with van der Waals surface area (Å²) < 4.78 is 0. The molecule has 3 nitrogen and oxygen atoms in total. The van der Waals surface area contributed by atoms with Crippen molar-refractivity contribution < 1.29 is 0 Å². The molecule has 9 aromatic rings. The van der Waals surface area contributed by atoms with Crippen molar-refractivity contribution in [3.63, 3.8) is 0 Å². The van der Waals surface area contributed by atoms with Gasteiger partial charge in [0.15, 0.2) is 0 Å². The van der Waals surface area contributed by atoms with Crippen LogP contribution in [0.3, 0.4) is 0 Å². The maximum absolute atomic E-state index is 4.83. The third-order valence-corrected chi connectivity index (χ3v) is 14.6. The zero-order valence-corrected chi connectivity index (χ0v) is 36.0. The third kappa shape index (κ3) is 5.67. The Bertz CT molecular complexity index is 3530. The van der Waals surface area contributed by atoms with Crippen LogP contribution in [0.15, 0.2) is 206 Å². The van der Waals surface area contributed by atoms with Gasteiger partial charge in [-0.15, -0.1) is 0 Å². The molecular weight excluding hydrogens is 775 g/mol. The highest BCUT2D eigenvalue weighted by atomic mass is 15.2. The fourth-order valence-corrected chi connectivity index (χ4v) is 11.4. The van der Waals surface area contributed by atoms with Gasteiger partial charge in [0, 0.05) is 45.5 Å². The Morgan fingerprint density at radius 3 is 1.97 bits per heavy atom. The molecule has 0 saturated heterocycles. The summed E-state index contributed by atoms with van der Waals surface area (Å²) in [4.78, 5) is 12.2. The lowest BCUT2D eigenvalue weighted by Gasteiger charge is -2.31. The van der Waals surface area contributed by atoms with Gasteiger partial charge in [-0.1, -0.05) is 153 Å². The molecule has 304 valence electrons. The largest absolute Gasteiger partial charge is 0.333 e. The van der Waals surface area contributed by atoms with Gasteiger partial charge < -0.3 is 4.90 Å². The zero-order valence-electron chi connectivity index (χ0n) is 36.0. The normalized spacial score (nSPS) is 17.0. The summed E-state index contributed by atoms with van der Waals surface area (Å²) in [5.41, 5.74) is 22.9. The Labute approximate surface area is 374 Å². The van der Waals surface area contributed by atoms with Crippen LogP contribution in [-0.4, -0.2) is 16.0 Å². The van der Waals surface area contributed by atoms with E-state index in [1.54, 1.807) is 12.4 Å². The first-order chi connectivity index (χ1) is 31.5. The van der Waals surface area contributed by atoms with E-state index in [1.165, 1.54) is 100 Å². The molecule has 2 heterocycles. The smallest absolute Gasteiger partial charge is 0.0971 e. The van der Waals surface area contributed by atoms with Gasteiger partial charge in [-0.2, -0.15) is 0 Å². The lowest BCUT2D eigenvalue weighted by atomic mass is 9.80. The maximum Gasteiger partial charge on any atom is 0.0971 e. The molecule has 1 unspecified atom stereocenters. The quantitative estimate of drug-likeness (QED) is 0.162. The minimum atomic E-state index is -0.142. The average Bonchev–Trinajstić information content (AvgIpc) is 3.81. The minimum Gasteiger partial charge on any atom is -0.333 e. The molecule has 0 fully saturated rings. The number of benzene rings is 8. The van der Waals surface area contributed by atoms with Crippen LogP contribution in [0.1, 0.15) is 55.4 Å². The van der Waals surface area contributed by atoms with Crippen LogP contribution >= 0.6 is 0 Å². The maximum atomic E-state index is 4.83. The monoisotopic (exact) mass is 819 g/mol. The molecule has 64 heavy (non-hydrogen) atoms. The second-order valence-corrected chi connectivity index (χ2v) is 18.4. The van der Waals surface area contributed by atoms with E-state index in [9.17, 15) is 0 Å². The fourth-order valence-electron chi connectivity index (χ4n) is 11.4. The summed E-state index contributed by atoms with van der Waals surface area (Å²) in [7, 11) is 0.